The molecule has 2 amide bonds. The minimum absolute atomic E-state index is 0.111. The molecule has 0 spiro atoms. The summed E-state index contributed by atoms with van der Waals surface area (Å²) >= 11 is 12.2. The van der Waals surface area contributed by atoms with Crippen molar-refractivity contribution in [2.24, 2.45) is 0 Å². The highest BCUT2D eigenvalue weighted by molar-refractivity contribution is 6.36. The van der Waals surface area contributed by atoms with Gasteiger partial charge in [-0.2, -0.15) is 0 Å². The van der Waals surface area contributed by atoms with E-state index in [-0.39, 0.29) is 23.9 Å². The van der Waals surface area contributed by atoms with Crippen molar-refractivity contribution in [1.82, 2.24) is 9.47 Å². The Balaban J connectivity index is 1.50. The fourth-order valence-electron chi connectivity index (χ4n) is 3.58. The molecular formula is C22H16Cl2N2O4. The average Bonchev–Trinajstić information content (AvgIpc) is 3.23. The van der Waals surface area contributed by atoms with Crippen molar-refractivity contribution in [2.45, 2.75) is 13.0 Å². The van der Waals surface area contributed by atoms with Gasteiger partial charge in [-0.3, -0.25) is 14.5 Å². The maximum Gasteiger partial charge on any atom is 0.337 e. The summed E-state index contributed by atoms with van der Waals surface area (Å²) in [6, 6.07) is 11.6. The van der Waals surface area contributed by atoms with Gasteiger partial charge in [-0.05, 0) is 30.7 Å². The molecule has 0 bridgehead atoms. The Labute approximate surface area is 182 Å². The van der Waals surface area contributed by atoms with E-state index in [1.807, 2.05) is 0 Å². The van der Waals surface area contributed by atoms with E-state index in [1.54, 1.807) is 53.2 Å². The maximum atomic E-state index is 12.4. The quantitative estimate of drug-likeness (QED) is 0.553. The molecule has 8 heteroatoms. The van der Waals surface area contributed by atoms with Crippen LogP contribution in [0, 0.1) is 0 Å². The lowest BCUT2D eigenvalue weighted by atomic mass is 10.0. The first-order chi connectivity index (χ1) is 14.4. The van der Waals surface area contributed by atoms with E-state index >= 15 is 0 Å². The summed E-state index contributed by atoms with van der Waals surface area (Å²) in [4.78, 5) is 37.8. The summed E-state index contributed by atoms with van der Waals surface area (Å²) in [5, 5.41) is 10.4. The van der Waals surface area contributed by atoms with Crippen LogP contribution < -0.4 is 0 Å². The largest absolute Gasteiger partial charge is 0.478 e. The molecular weight excluding hydrogens is 427 g/mol. The van der Waals surface area contributed by atoms with Gasteiger partial charge < -0.3 is 9.67 Å². The molecule has 3 aromatic rings. The Morgan fingerprint density at radius 2 is 1.53 bits per heavy atom. The fraction of sp³-hybridized carbons (Fsp3) is 0.136. The minimum atomic E-state index is -1.07. The third-order valence-electron chi connectivity index (χ3n) is 5.01. The van der Waals surface area contributed by atoms with Gasteiger partial charge in [-0.1, -0.05) is 41.4 Å². The summed E-state index contributed by atoms with van der Waals surface area (Å²) in [5.41, 5.74) is 1.98. The van der Waals surface area contributed by atoms with Crippen molar-refractivity contribution in [2.75, 3.05) is 6.54 Å². The maximum absolute atomic E-state index is 12.4. The number of imide groups is 1. The molecule has 1 N–H and O–H groups in total. The molecule has 2 heterocycles. The topological polar surface area (TPSA) is 79.6 Å². The third-order valence-corrected chi connectivity index (χ3v) is 5.56. The van der Waals surface area contributed by atoms with Gasteiger partial charge in [0.25, 0.3) is 11.8 Å². The summed E-state index contributed by atoms with van der Waals surface area (Å²) in [7, 11) is 0. The van der Waals surface area contributed by atoms with Gasteiger partial charge >= 0.3 is 5.97 Å². The number of aromatic nitrogens is 1. The predicted octanol–water partition coefficient (Wildman–Crippen LogP) is 4.85. The molecule has 0 atom stereocenters. The fourth-order valence-corrected chi connectivity index (χ4v) is 4.09. The number of rotatable bonds is 6. The molecule has 2 aromatic carbocycles. The molecule has 1 aromatic heterocycles. The molecule has 0 saturated heterocycles. The lowest BCUT2D eigenvalue weighted by molar-refractivity contribution is 0.0648. The van der Waals surface area contributed by atoms with E-state index < -0.39 is 5.97 Å². The number of carbonyl (C=O) groups is 3. The van der Waals surface area contributed by atoms with E-state index in [9.17, 15) is 19.5 Å². The number of aryl methyl sites for hydroxylation is 1. The Bertz CT molecular complexity index is 1150. The first-order valence-corrected chi connectivity index (χ1v) is 9.96. The predicted molar refractivity (Wildman–Crippen MR) is 113 cm³/mol. The van der Waals surface area contributed by atoms with Gasteiger partial charge in [-0.25, -0.2) is 4.79 Å². The summed E-state index contributed by atoms with van der Waals surface area (Å²) in [5.74, 6) is -1.68. The minimum Gasteiger partial charge on any atom is -0.478 e. The van der Waals surface area contributed by atoms with Gasteiger partial charge in [0.15, 0.2) is 0 Å². The zero-order valence-electron chi connectivity index (χ0n) is 15.6. The Kier molecular flexibility index (Phi) is 5.37. The number of hydrogen-bond donors (Lipinski definition) is 1. The second kappa shape index (κ2) is 7.97. The van der Waals surface area contributed by atoms with Gasteiger partial charge in [0.1, 0.15) is 0 Å². The van der Waals surface area contributed by atoms with E-state index in [0.29, 0.717) is 45.3 Å². The standard InChI is InChI=1S/C22H16Cl2N2O4/c23-13-6-7-14(19(24)10-13)17-11-25(12-18(17)22(29)30)8-3-9-26-20(27)15-4-1-2-5-16(15)21(26)28/h1-2,4-7,10-12H,3,8-9H2,(H,29,30). The van der Waals surface area contributed by atoms with Crippen molar-refractivity contribution < 1.29 is 19.5 Å². The smallest absolute Gasteiger partial charge is 0.337 e. The summed E-state index contributed by atoms with van der Waals surface area (Å²) in [6.45, 7) is 0.670. The van der Waals surface area contributed by atoms with Crippen molar-refractivity contribution in [3.05, 3.63) is 81.6 Å². The SMILES string of the molecule is O=C(O)c1cn(CCCN2C(=O)c3ccccc3C2=O)cc1-c1ccc(Cl)cc1Cl. The number of amides is 2. The van der Waals surface area contributed by atoms with Crippen LogP contribution in [0.2, 0.25) is 10.0 Å². The van der Waals surface area contributed by atoms with Crippen LogP contribution in [0.5, 0.6) is 0 Å². The number of aromatic carboxylic acids is 1. The van der Waals surface area contributed by atoms with Crippen molar-refractivity contribution in [1.29, 1.82) is 0 Å². The average molecular weight is 443 g/mol. The van der Waals surface area contributed by atoms with Crippen molar-refractivity contribution in [3.63, 3.8) is 0 Å². The van der Waals surface area contributed by atoms with Gasteiger partial charge in [-0.15, -0.1) is 0 Å². The van der Waals surface area contributed by atoms with Crippen LogP contribution in [0.4, 0.5) is 0 Å². The molecule has 0 aliphatic carbocycles. The summed E-state index contributed by atoms with van der Waals surface area (Å²) in [6.07, 6.45) is 3.69. The third kappa shape index (κ3) is 3.60. The second-order valence-electron chi connectivity index (χ2n) is 6.91. The molecule has 1 aliphatic rings. The van der Waals surface area contributed by atoms with Crippen LogP contribution >= 0.6 is 23.2 Å². The molecule has 0 unspecified atom stereocenters. The number of fused-ring (bicyclic) bond motifs is 1. The van der Waals surface area contributed by atoms with Gasteiger partial charge in [0.2, 0.25) is 0 Å². The zero-order valence-corrected chi connectivity index (χ0v) is 17.2. The van der Waals surface area contributed by atoms with E-state index in [1.165, 1.54) is 11.1 Å². The van der Waals surface area contributed by atoms with Crippen LogP contribution in [-0.2, 0) is 6.54 Å². The number of carbonyl (C=O) groups excluding carboxylic acids is 2. The van der Waals surface area contributed by atoms with Gasteiger partial charge in [0.05, 0.1) is 16.7 Å². The highest BCUT2D eigenvalue weighted by Crippen LogP contribution is 2.33. The van der Waals surface area contributed by atoms with Crippen LogP contribution in [-0.4, -0.2) is 38.9 Å². The Morgan fingerprint density at radius 1 is 0.867 bits per heavy atom. The van der Waals surface area contributed by atoms with Gasteiger partial charge in [0, 0.05) is 46.7 Å². The van der Waals surface area contributed by atoms with Crippen molar-refractivity contribution in [3.8, 4) is 11.1 Å². The van der Waals surface area contributed by atoms with E-state index in [4.69, 9.17) is 23.2 Å². The molecule has 0 saturated carbocycles. The normalized spacial score (nSPS) is 13.1. The molecule has 0 radical (unpaired) electrons. The van der Waals surface area contributed by atoms with Crippen LogP contribution in [0.1, 0.15) is 37.5 Å². The van der Waals surface area contributed by atoms with E-state index in [0.717, 1.165) is 0 Å². The molecule has 4 rings (SSSR count). The second-order valence-corrected chi connectivity index (χ2v) is 7.76. The molecule has 0 fully saturated rings. The number of nitrogens with zero attached hydrogens (tertiary/aromatic N) is 2. The van der Waals surface area contributed by atoms with E-state index in [2.05, 4.69) is 0 Å². The van der Waals surface area contributed by atoms with Crippen LogP contribution in [0.15, 0.2) is 54.9 Å². The highest BCUT2D eigenvalue weighted by Gasteiger charge is 2.34. The Hall–Kier alpha value is -3.09. The highest BCUT2D eigenvalue weighted by atomic mass is 35.5. The Morgan fingerprint density at radius 3 is 2.13 bits per heavy atom. The molecule has 6 nitrogen and oxygen atoms in total. The molecule has 30 heavy (non-hydrogen) atoms. The zero-order chi connectivity index (χ0) is 21.4. The number of carboxylic acids is 1. The molecule has 152 valence electrons. The summed E-state index contributed by atoms with van der Waals surface area (Å²) < 4.78 is 1.72. The number of hydrogen-bond acceptors (Lipinski definition) is 3. The molecule has 1 aliphatic heterocycles. The monoisotopic (exact) mass is 442 g/mol. The lowest BCUT2D eigenvalue weighted by Crippen LogP contribution is -2.31. The lowest BCUT2D eigenvalue weighted by Gasteiger charge is -2.13. The van der Waals surface area contributed by atoms with Crippen molar-refractivity contribution >= 4 is 41.0 Å². The number of benzene rings is 2. The first-order valence-electron chi connectivity index (χ1n) is 9.20. The van der Waals surface area contributed by atoms with Crippen LogP contribution in [0.3, 0.4) is 0 Å². The first kappa shape index (κ1) is 20.2. The number of halogens is 2. The number of carboxylic acid groups (broad SMARTS) is 1. The van der Waals surface area contributed by atoms with Crippen LogP contribution in [0.25, 0.3) is 11.1 Å².